The molecular weight excluding hydrogens is 354 g/mol. The highest BCUT2D eigenvalue weighted by molar-refractivity contribution is 7.89. The summed E-state index contributed by atoms with van der Waals surface area (Å²) in [5.41, 5.74) is 1.46. The number of hydrogen-bond donors (Lipinski definition) is 1. The lowest BCUT2D eigenvalue weighted by molar-refractivity contribution is -0.385. The standard InChI is InChI=1S/C18H21N3O4S/c19-26(24,25)18-13-16(21(22)23)6-7-17(18)20-10-8-15(9-11-20)12-14-4-2-1-3-5-14/h1-7,13,15H,8-12H2,(H2,19,24,25). The predicted octanol–water partition coefficient (Wildman–Crippen LogP) is 2.70. The quantitative estimate of drug-likeness (QED) is 0.639. The minimum absolute atomic E-state index is 0.187. The predicted molar refractivity (Wildman–Crippen MR) is 99.6 cm³/mol. The second-order valence-electron chi connectivity index (χ2n) is 6.57. The number of hydrogen-bond acceptors (Lipinski definition) is 5. The molecule has 7 nitrogen and oxygen atoms in total. The fraction of sp³-hybridized carbons (Fsp3) is 0.333. The average molecular weight is 375 g/mol. The zero-order valence-electron chi connectivity index (χ0n) is 14.2. The van der Waals surface area contributed by atoms with Gasteiger partial charge in [0.1, 0.15) is 4.90 Å². The lowest BCUT2D eigenvalue weighted by Crippen LogP contribution is -2.35. The molecular formula is C18H21N3O4S. The fourth-order valence-corrected chi connectivity index (χ4v) is 4.20. The number of nitrogens with two attached hydrogens (primary N) is 1. The minimum Gasteiger partial charge on any atom is -0.370 e. The van der Waals surface area contributed by atoms with Crippen LogP contribution in [0.25, 0.3) is 0 Å². The number of anilines is 1. The zero-order chi connectivity index (χ0) is 18.7. The molecule has 1 heterocycles. The maximum absolute atomic E-state index is 11.9. The van der Waals surface area contributed by atoms with E-state index in [4.69, 9.17) is 5.14 Å². The van der Waals surface area contributed by atoms with Gasteiger partial charge in [0.05, 0.1) is 10.6 Å². The third kappa shape index (κ3) is 4.20. The van der Waals surface area contributed by atoms with Crippen molar-refractivity contribution < 1.29 is 13.3 Å². The normalized spacial score (nSPS) is 15.8. The third-order valence-corrected chi connectivity index (χ3v) is 5.72. The number of nitro benzene ring substituents is 1. The maximum atomic E-state index is 11.9. The first-order valence-electron chi connectivity index (χ1n) is 8.44. The highest BCUT2D eigenvalue weighted by Crippen LogP contribution is 2.32. The molecule has 0 aliphatic carbocycles. The van der Waals surface area contributed by atoms with Gasteiger partial charge in [-0.1, -0.05) is 30.3 Å². The maximum Gasteiger partial charge on any atom is 0.270 e. The molecule has 0 amide bonds. The summed E-state index contributed by atoms with van der Waals surface area (Å²) in [6.07, 6.45) is 2.85. The first-order valence-corrected chi connectivity index (χ1v) is 9.99. The summed E-state index contributed by atoms with van der Waals surface area (Å²) in [6, 6.07) is 14.1. The van der Waals surface area contributed by atoms with Crippen LogP contribution in [-0.2, 0) is 16.4 Å². The van der Waals surface area contributed by atoms with E-state index in [1.54, 1.807) is 0 Å². The summed E-state index contributed by atoms with van der Waals surface area (Å²) in [5, 5.41) is 16.2. The zero-order valence-corrected chi connectivity index (χ0v) is 15.1. The Bertz CT molecular complexity index is 892. The molecule has 1 aliphatic rings. The van der Waals surface area contributed by atoms with Gasteiger partial charge in [0.15, 0.2) is 0 Å². The summed E-state index contributed by atoms with van der Waals surface area (Å²) in [6.45, 7) is 1.38. The van der Waals surface area contributed by atoms with E-state index in [1.165, 1.54) is 17.7 Å². The summed E-state index contributed by atoms with van der Waals surface area (Å²) < 4.78 is 23.8. The summed E-state index contributed by atoms with van der Waals surface area (Å²) >= 11 is 0. The van der Waals surface area contributed by atoms with E-state index in [9.17, 15) is 18.5 Å². The molecule has 2 N–H and O–H groups in total. The average Bonchev–Trinajstić information content (AvgIpc) is 2.62. The first-order chi connectivity index (χ1) is 12.3. The molecule has 0 spiro atoms. The lowest BCUT2D eigenvalue weighted by atomic mass is 9.90. The molecule has 0 bridgehead atoms. The minimum atomic E-state index is -4.05. The van der Waals surface area contributed by atoms with Gasteiger partial charge >= 0.3 is 0 Å². The molecule has 2 aromatic carbocycles. The Labute approximate surface area is 152 Å². The van der Waals surface area contributed by atoms with Gasteiger partial charge in [-0.25, -0.2) is 13.6 Å². The van der Waals surface area contributed by atoms with Crippen molar-refractivity contribution in [2.45, 2.75) is 24.2 Å². The van der Waals surface area contributed by atoms with Gasteiger partial charge in [0.25, 0.3) is 5.69 Å². The van der Waals surface area contributed by atoms with Crippen LogP contribution in [-0.4, -0.2) is 26.4 Å². The van der Waals surface area contributed by atoms with E-state index in [2.05, 4.69) is 12.1 Å². The number of benzene rings is 2. The number of rotatable bonds is 5. The topological polar surface area (TPSA) is 107 Å². The van der Waals surface area contributed by atoms with E-state index in [-0.39, 0.29) is 10.6 Å². The number of sulfonamides is 1. The molecule has 8 heteroatoms. The molecule has 0 unspecified atom stereocenters. The number of primary sulfonamides is 1. The van der Waals surface area contributed by atoms with Gasteiger partial charge in [-0.3, -0.25) is 10.1 Å². The molecule has 1 fully saturated rings. The second-order valence-corrected chi connectivity index (χ2v) is 8.10. The number of piperidine rings is 1. The van der Waals surface area contributed by atoms with Crippen LogP contribution in [0.4, 0.5) is 11.4 Å². The lowest BCUT2D eigenvalue weighted by Gasteiger charge is -2.34. The highest BCUT2D eigenvalue weighted by atomic mass is 32.2. The molecule has 3 rings (SSSR count). The van der Waals surface area contributed by atoms with E-state index in [1.807, 2.05) is 23.1 Å². The van der Waals surface area contributed by atoms with Crippen molar-refractivity contribution in [1.29, 1.82) is 0 Å². The Morgan fingerprint density at radius 2 is 1.77 bits per heavy atom. The van der Waals surface area contributed by atoms with Crippen LogP contribution in [0.15, 0.2) is 53.4 Å². The Kier molecular flexibility index (Phi) is 5.24. The van der Waals surface area contributed by atoms with E-state index < -0.39 is 14.9 Å². The smallest absolute Gasteiger partial charge is 0.270 e. The Morgan fingerprint density at radius 3 is 2.35 bits per heavy atom. The van der Waals surface area contributed by atoms with Crippen LogP contribution in [0.3, 0.4) is 0 Å². The largest absolute Gasteiger partial charge is 0.370 e. The first kappa shape index (κ1) is 18.3. The Hall–Kier alpha value is -2.45. The molecule has 0 aromatic heterocycles. The molecule has 2 aromatic rings. The van der Waals surface area contributed by atoms with Gasteiger partial charge in [-0.15, -0.1) is 0 Å². The van der Waals surface area contributed by atoms with Crippen molar-refractivity contribution in [2.24, 2.45) is 11.1 Å². The van der Waals surface area contributed by atoms with Crippen LogP contribution in [0, 0.1) is 16.0 Å². The molecule has 0 atom stereocenters. The highest BCUT2D eigenvalue weighted by Gasteiger charge is 2.26. The van der Waals surface area contributed by atoms with Crippen LogP contribution < -0.4 is 10.0 Å². The third-order valence-electron chi connectivity index (χ3n) is 4.78. The van der Waals surface area contributed by atoms with Crippen molar-refractivity contribution in [2.75, 3.05) is 18.0 Å². The van der Waals surface area contributed by atoms with E-state index in [0.29, 0.717) is 24.7 Å². The molecule has 0 saturated carbocycles. The number of non-ortho nitro benzene ring substituents is 1. The Balaban J connectivity index is 1.76. The SMILES string of the molecule is NS(=O)(=O)c1cc([N+](=O)[O-])ccc1N1CCC(Cc2ccccc2)CC1. The van der Waals surface area contributed by atoms with Gasteiger partial charge < -0.3 is 4.90 Å². The van der Waals surface area contributed by atoms with Crippen molar-refractivity contribution >= 4 is 21.4 Å². The summed E-state index contributed by atoms with van der Waals surface area (Å²) in [7, 11) is -4.05. The van der Waals surface area contributed by atoms with Gasteiger partial charge in [-0.05, 0) is 36.8 Å². The summed E-state index contributed by atoms with van der Waals surface area (Å²) in [4.78, 5) is 12.1. The number of nitrogens with zero attached hydrogens (tertiary/aromatic N) is 2. The molecule has 0 radical (unpaired) electrons. The molecule has 138 valence electrons. The second kappa shape index (κ2) is 7.43. The van der Waals surface area contributed by atoms with Gasteiger partial charge in [0.2, 0.25) is 10.0 Å². The monoisotopic (exact) mass is 375 g/mol. The molecule has 1 aliphatic heterocycles. The molecule has 26 heavy (non-hydrogen) atoms. The van der Waals surface area contributed by atoms with Crippen LogP contribution >= 0.6 is 0 Å². The van der Waals surface area contributed by atoms with Gasteiger partial charge in [-0.2, -0.15) is 0 Å². The van der Waals surface area contributed by atoms with Gasteiger partial charge in [0, 0.05) is 25.2 Å². The van der Waals surface area contributed by atoms with Crippen LogP contribution in [0.2, 0.25) is 0 Å². The number of nitro groups is 1. The van der Waals surface area contributed by atoms with Crippen molar-refractivity contribution in [1.82, 2.24) is 0 Å². The Morgan fingerprint density at radius 1 is 1.12 bits per heavy atom. The van der Waals surface area contributed by atoms with E-state index in [0.717, 1.165) is 25.3 Å². The van der Waals surface area contributed by atoms with Crippen LogP contribution in [0.1, 0.15) is 18.4 Å². The van der Waals surface area contributed by atoms with Crippen molar-refractivity contribution in [3.8, 4) is 0 Å². The fourth-order valence-electron chi connectivity index (χ4n) is 3.43. The van der Waals surface area contributed by atoms with Crippen molar-refractivity contribution in [3.63, 3.8) is 0 Å². The molecule has 1 saturated heterocycles. The van der Waals surface area contributed by atoms with E-state index >= 15 is 0 Å². The summed E-state index contributed by atoms with van der Waals surface area (Å²) in [5.74, 6) is 0.532. The van der Waals surface area contributed by atoms with Crippen molar-refractivity contribution in [3.05, 3.63) is 64.2 Å². The van der Waals surface area contributed by atoms with Crippen LogP contribution in [0.5, 0.6) is 0 Å².